The van der Waals surface area contributed by atoms with Crippen LogP contribution < -0.4 is 10.6 Å². The van der Waals surface area contributed by atoms with E-state index in [0.29, 0.717) is 23.4 Å². The number of hydrogen-bond donors (Lipinski definition) is 2. The van der Waals surface area contributed by atoms with Crippen molar-refractivity contribution in [2.45, 2.75) is 71.1 Å². The normalized spacial score (nSPS) is 10.5. The highest BCUT2D eigenvalue weighted by atomic mass is 16.2. The van der Waals surface area contributed by atoms with Gasteiger partial charge in [-0.25, -0.2) is 0 Å². The van der Waals surface area contributed by atoms with E-state index in [0.717, 1.165) is 12.8 Å². The zero-order valence-electron chi connectivity index (χ0n) is 17.6. The molecule has 0 aliphatic rings. The number of unbranched alkanes of at least 4 members (excludes halogenated alkanes) is 8. The number of rotatable bonds is 13. The van der Waals surface area contributed by atoms with E-state index in [1.54, 1.807) is 18.2 Å². The SMILES string of the molecule is CCCCCCCCCCCC(=O)Nc1cccc(NC(=O)c2ccccc2)c1. The number of nitrogens with one attached hydrogen (secondary N) is 2. The quantitative estimate of drug-likeness (QED) is 0.367. The Kier molecular flexibility index (Phi) is 10.6. The van der Waals surface area contributed by atoms with Crippen LogP contribution in [0.25, 0.3) is 0 Å². The van der Waals surface area contributed by atoms with Crippen LogP contribution in [-0.4, -0.2) is 11.8 Å². The highest BCUT2D eigenvalue weighted by molar-refractivity contribution is 6.04. The Morgan fingerprint density at radius 2 is 1.28 bits per heavy atom. The van der Waals surface area contributed by atoms with Crippen molar-refractivity contribution in [1.29, 1.82) is 0 Å². The number of hydrogen-bond acceptors (Lipinski definition) is 2. The highest BCUT2D eigenvalue weighted by Gasteiger charge is 2.07. The molecule has 0 saturated carbocycles. The van der Waals surface area contributed by atoms with Gasteiger partial charge in [-0.1, -0.05) is 82.6 Å². The summed E-state index contributed by atoms with van der Waals surface area (Å²) in [5.41, 5.74) is 1.98. The summed E-state index contributed by atoms with van der Waals surface area (Å²) < 4.78 is 0. The molecule has 4 nitrogen and oxygen atoms in total. The molecule has 0 aliphatic heterocycles. The van der Waals surface area contributed by atoms with E-state index >= 15 is 0 Å². The monoisotopic (exact) mass is 394 g/mol. The van der Waals surface area contributed by atoms with Crippen LogP contribution in [0.3, 0.4) is 0 Å². The fourth-order valence-corrected chi connectivity index (χ4v) is 3.29. The summed E-state index contributed by atoms with van der Waals surface area (Å²) in [5.74, 6) is -0.136. The molecule has 0 aromatic heterocycles. The number of benzene rings is 2. The third-order valence-electron chi connectivity index (χ3n) is 4.95. The molecule has 0 atom stereocenters. The van der Waals surface area contributed by atoms with Crippen molar-refractivity contribution >= 4 is 23.2 Å². The van der Waals surface area contributed by atoms with Gasteiger partial charge >= 0.3 is 0 Å². The average Bonchev–Trinajstić information content (AvgIpc) is 2.73. The Morgan fingerprint density at radius 1 is 0.690 bits per heavy atom. The van der Waals surface area contributed by atoms with E-state index in [4.69, 9.17) is 0 Å². The zero-order valence-corrected chi connectivity index (χ0v) is 17.6. The lowest BCUT2D eigenvalue weighted by Gasteiger charge is -2.09. The molecular weight excluding hydrogens is 360 g/mol. The number of anilines is 2. The second-order valence-electron chi connectivity index (χ2n) is 7.53. The molecule has 0 radical (unpaired) electrons. The van der Waals surface area contributed by atoms with E-state index in [1.807, 2.05) is 36.4 Å². The molecule has 2 N–H and O–H groups in total. The summed E-state index contributed by atoms with van der Waals surface area (Å²) in [6.45, 7) is 2.24. The predicted molar refractivity (Wildman–Crippen MR) is 121 cm³/mol. The molecule has 0 aliphatic carbocycles. The van der Waals surface area contributed by atoms with Gasteiger partial charge in [0.1, 0.15) is 0 Å². The molecule has 0 unspecified atom stereocenters. The van der Waals surface area contributed by atoms with Gasteiger partial charge in [0.25, 0.3) is 5.91 Å². The van der Waals surface area contributed by atoms with Crippen molar-refractivity contribution in [3.05, 3.63) is 60.2 Å². The van der Waals surface area contributed by atoms with Gasteiger partial charge in [-0.3, -0.25) is 9.59 Å². The van der Waals surface area contributed by atoms with E-state index in [1.165, 1.54) is 44.9 Å². The third kappa shape index (κ3) is 9.42. The number of carbonyl (C=O) groups is 2. The number of amides is 2. The summed E-state index contributed by atoms with van der Waals surface area (Å²) in [6.07, 6.45) is 11.7. The lowest BCUT2D eigenvalue weighted by atomic mass is 10.1. The summed E-state index contributed by atoms with van der Waals surface area (Å²) in [7, 11) is 0. The Hall–Kier alpha value is -2.62. The lowest BCUT2D eigenvalue weighted by molar-refractivity contribution is -0.116. The fourth-order valence-electron chi connectivity index (χ4n) is 3.29. The first-order valence-electron chi connectivity index (χ1n) is 11.0. The summed E-state index contributed by atoms with van der Waals surface area (Å²) in [6, 6.07) is 16.3. The van der Waals surface area contributed by atoms with Crippen LogP contribution >= 0.6 is 0 Å². The Labute approximate surface area is 175 Å². The predicted octanol–water partition coefficient (Wildman–Crippen LogP) is 6.80. The Bertz CT molecular complexity index is 743. The maximum atomic E-state index is 12.3. The average molecular weight is 395 g/mol. The van der Waals surface area contributed by atoms with Gasteiger partial charge in [-0.05, 0) is 36.8 Å². The first-order valence-corrected chi connectivity index (χ1v) is 11.0. The van der Waals surface area contributed by atoms with Crippen molar-refractivity contribution in [1.82, 2.24) is 0 Å². The summed E-state index contributed by atoms with van der Waals surface area (Å²) in [4.78, 5) is 24.4. The van der Waals surface area contributed by atoms with E-state index in [-0.39, 0.29) is 11.8 Å². The third-order valence-corrected chi connectivity index (χ3v) is 4.95. The molecule has 0 spiro atoms. The maximum Gasteiger partial charge on any atom is 0.255 e. The molecule has 29 heavy (non-hydrogen) atoms. The van der Waals surface area contributed by atoms with Crippen LogP contribution in [-0.2, 0) is 4.79 Å². The maximum absolute atomic E-state index is 12.3. The second kappa shape index (κ2) is 13.5. The molecule has 0 bridgehead atoms. The molecule has 4 heteroatoms. The molecule has 156 valence electrons. The van der Waals surface area contributed by atoms with Gasteiger partial charge in [0.05, 0.1) is 0 Å². The molecule has 2 aromatic carbocycles. The standard InChI is InChI=1S/C25H34N2O2/c1-2-3-4-5-6-7-8-9-13-19-24(28)26-22-17-14-18-23(20-22)27-25(29)21-15-11-10-12-16-21/h10-12,14-18,20H,2-9,13,19H2,1H3,(H,26,28)(H,27,29). The largest absolute Gasteiger partial charge is 0.326 e. The van der Waals surface area contributed by atoms with Gasteiger partial charge in [-0.2, -0.15) is 0 Å². The molecular formula is C25H34N2O2. The minimum absolute atomic E-state index is 0.0273. The van der Waals surface area contributed by atoms with Crippen molar-refractivity contribution in [2.24, 2.45) is 0 Å². The van der Waals surface area contributed by atoms with Crippen LogP contribution in [0.15, 0.2) is 54.6 Å². The van der Waals surface area contributed by atoms with Crippen LogP contribution in [0.2, 0.25) is 0 Å². The van der Waals surface area contributed by atoms with Gasteiger partial charge in [0.15, 0.2) is 0 Å². The Morgan fingerprint density at radius 3 is 1.93 bits per heavy atom. The van der Waals surface area contributed by atoms with E-state index in [9.17, 15) is 9.59 Å². The minimum atomic E-state index is -0.163. The van der Waals surface area contributed by atoms with Gasteiger partial charge in [0, 0.05) is 23.4 Å². The Balaban J connectivity index is 1.66. The molecule has 2 aromatic rings. The van der Waals surface area contributed by atoms with Crippen molar-refractivity contribution < 1.29 is 9.59 Å². The molecule has 2 rings (SSSR count). The van der Waals surface area contributed by atoms with Crippen molar-refractivity contribution in [2.75, 3.05) is 10.6 Å². The first-order chi connectivity index (χ1) is 14.2. The minimum Gasteiger partial charge on any atom is -0.326 e. The first kappa shape index (κ1) is 22.7. The van der Waals surface area contributed by atoms with Gasteiger partial charge in [-0.15, -0.1) is 0 Å². The van der Waals surface area contributed by atoms with Crippen molar-refractivity contribution in [3.8, 4) is 0 Å². The molecule has 0 heterocycles. The second-order valence-corrected chi connectivity index (χ2v) is 7.53. The zero-order chi connectivity index (χ0) is 20.7. The lowest BCUT2D eigenvalue weighted by Crippen LogP contribution is -2.13. The van der Waals surface area contributed by atoms with Gasteiger partial charge in [0.2, 0.25) is 5.91 Å². The molecule has 2 amide bonds. The van der Waals surface area contributed by atoms with E-state index in [2.05, 4.69) is 17.6 Å². The number of carbonyl (C=O) groups excluding carboxylic acids is 2. The molecule has 0 saturated heterocycles. The summed E-state index contributed by atoms with van der Waals surface area (Å²) in [5, 5.41) is 5.80. The van der Waals surface area contributed by atoms with Crippen LogP contribution in [0.4, 0.5) is 11.4 Å². The topological polar surface area (TPSA) is 58.2 Å². The highest BCUT2D eigenvalue weighted by Crippen LogP contribution is 2.17. The van der Waals surface area contributed by atoms with E-state index < -0.39 is 0 Å². The van der Waals surface area contributed by atoms with Crippen LogP contribution in [0.1, 0.15) is 81.5 Å². The van der Waals surface area contributed by atoms with Crippen LogP contribution in [0.5, 0.6) is 0 Å². The molecule has 0 fully saturated rings. The van der Waals surface area contributed by atoms with Gasteiger partial charge < -0.3 is 10.6 Å². The smallest absolute Gasteiger partial charge is 0.255 e. The summed E-state index contributed by atoms with van der Waals surface area (Å²) >= 11 is 0. The van der Waals surface area contributed by atoms with Crippen molar-refractivity contribution in [3.63, 3.8) is 0 Å². The van der Waals surface area contributed by atoms with Crippen LogP contribution in [0, 0.1) is 0 Å². The fraction of sp³-hybridized carbons (Fsp3) is 0.440.